The number of nitrogens with zero attached hydrogens (tertiary/aromatic N) is 3. The molecule has 1 fully saturated rings. The fraction of sp³-hybridized carbons (Fsp3) is 0.296. The van der Waals surface area contributed by atoms with Gasteiger partial charge in [0, 0.05) is 24.2 Å². The van der Waals surface area contributed by atoms with Gasteiger partial charge in [0.25, 0.3) is 11.6 Å². The second-order valence-electron chi connectivity index (χ2n) is 9.59. The van der Waals surface area contributed by atoms with E-state index in [2.05, 4.69) is 4.84 Å². The highest BCUT2D eigenvalue weighted by Gasteiger charge is 2.46. The number of nitrogens with one attached hydrogen (secondary N) is 1. The smallest absolute Gasteiger partial charge is 0.327 e. The Balaban J connectivity index is 1.59. The monoisotopic (exact) mass is 615 g/mol. The molecular formula is C27H22F7N4O5+. The summed E-state index contributed by atoms with van der Waals surface area (Å²) in [5, 5.41) is 2.00. The zero-order valence-corrected chi connectivity index (χ0v) is 22.4. The summed E-state index contributed by atoms with van der Waals surface area (Å²) in [6, 6.07) is 7.63. The molecule has 0 bridgehead atoms. The van der Waals surface area contributed by atoms with E-state index < -0.39 is 59.2 Å². The highest BCUT2D eigenvalue weighted by molar-refractivity contribution is 6.02. The van der Waals surface area contributed by atoms with Gasteiger partial charge >= 0.3 is 23.9 Å². The minimum Gasteiger partial charge on any atom is -0.327 e. The molecule has 2 amide bonds. The van der Waals surface area contributed by atoms with Crippen LogP contribution in [0.2, 0.25) is 0 Å². The SMILES string of the molecule is Cc1c(C)c(=O)[nH][n+](OC(=O)C(F)(F)F)c1Cc1ccc(F)c(C(=O)N2CCN(c3ccccc3C(F)(F)F)C(=O)C2)c1. The van der Waals surface area contributed by atoms with Crippen LogP contribution < -0.4 is 20.1 Å². The average Bonchev–Trinajstić information content (AvgIpc) is 2.93. The first-order chi connectivity index (χ1) is 20.0. The van der Waals surface area contributed by atoms with E-state index in [9.17, 15) is 49.9 Å². The number of hydrogen-bond acceptors (Lipinski definition) is 5. The van der Waals surface area contributed by atoms with Gasteiger partial charge in [-0.1, -0.05) is 23.3 Å². The first-order valence-electron chi connectivity index (χ1n) is 12.5. The maximum absolute atomic E-state index is 14.8. The number of piperazine rings is 1. The zero-order chi connectivity index (χ0) is 31.9. The lowest BCUT2D eigenvalue weighted by molar-refractivity contribution is -0.921. The maximum Gasteiger partial charge on any atom is 0.498 e. The topological polar surface area (TPSA) is 104 Å². The number of rotatable bonds is 5. The van der Waals surface area contributed by atoms with E-state index in [1.54, 1.807) is 0 Å². The third-order valence-corrected chi connectivity index (χ3v) is 6.83. The van der Waals surface area contributed by atoms with Gasteiger partial charge in [-0.3, -0.25) is 14.4 Å². The quantitative estimate of drug-likeness (QED) is 0.351. The number of carbonyl (C=O) groups is 3. The Labute approximate surface area is 238 Å². The number of anilines is 1. The Morgan fingerprint density at radius 2 is 1.65 bits per heavy atom. The molecule has 0 atom stereocenters. The molecule has 2 heterocycles. The standard InChI is InChI=1S/C27H21F7N4O5/c1-14-15(2)23(40)35-38(43-25(42)27(32,33)34)21(14)12-16-7-8-19(28)17(11-16)24(41)36-9-10-37(22(39)13-36)20-6-4-3-5-18(20)26(29,30)31/h3-8,11H,9-10,12-13H2,1-2H3/p+1. The lowest BCUT2D eigenvalue weighted by Crippen LogP contribution is -2.58. The van der Waals surface area contributed by atoms with Crippen molar-refractivity contribution < 1.29 is 54.8 Å². The summed E-state index contributed by atoms with van der Waals surface area (Å²) in [6.45, 7) is 1.57. The Hall–Kier alpha value is -4.76. The molecule has 0 spiro atoms. The fourth-order valence-electron chi connectivity index (χ4n) is 4.46. The summed E-state index contributed by atoms with van der Waals surface area (Å²) in [4.78, 5) is 56.0. The Morgan fingerprint density at radius 3 is 2.28 bits per heavy atom. The van der Waals surface area contributed by atoms with Crippen molar-refractivity contribution in [2.24, 2.45) is 0 Å². The second-order valence-corrected chi connectivity index (χ2v) is 9.59. The Kier molecular flexibility index (Phi) is 8.33. The molecule has 43 heavy (non-hydrogen) atoms. The molecule has 1 aromatic heterocycles. The predicted octanol–water partition coefficient (Wildman–Crippen LogP) is 3.03. The first-order valence-corrected chi connectivity index (χ1v) is 12.5. The molecule has 9 nitrogen and oxygen atoms in total. The van der Waals surface area contributed by atoms with E-state index in [4.69, 9.17) is 0 Å². The van der Waals surface area contributed by atoms with Crippen LogP contribution in [0.15, 0.2) is 47.3 Å². The number of alkyl halides is 6. The van der Waals surface area contributed by atoms with Crippen LogP contribution in [0, 0.1) is 19.7 Å². The number of aromatic nitrogens is 2. The lowest BCUT2D eigenvalue weighted by Gasteiger charge is -2.35. The largest absolute Gasteiger partial charge is 0.498 e. The van der Waals surface area contributed by atoms with Gasteiger partial charge in [0.2, 0.25) is 5.91 Å². The Bertz CT molecular complexity index is 1670. The number of carbonyl (C=O) groups excluding carboxylic acids is 3. The van der Waals surface area contributed by atoms with Crippen LogP contribution in [-0.2, 0) is 22.2 Å². The van der Waals surface area contributed by atoms with Crippen LogP contribution in [0.4, 0.5) is 36.4 Å². The van der Waals surface area contributed by atoms with Crippen LogP contribution >= 0.6 is 0 Å². The zero-order valence-electron chi connectivity index (χ0n) is 22.4. The lowest BCUT2D eigenvalue weighted by atomic mass is 10.0. The molecule has 3 aromatic rings. The molecule has 1 saturated heterocycles. The summed E-state index contributed by atoms with van der Waals surface area (Å²) in [6.07, 6.45) is -10.5. The molecule has 1 aliphatic heterocycles. The van der Waals surface area contributed by atoms with Gasteiger partial charge in [0.1, 0.15) is 17.2 Å². The fourth-order valence-corrected chi connectivity index (χ4v) is 4.46. The molecule has 4 rings (SSSR count). The van der Waals surface area contributed by atoms with E-state index in [0.717, 1.165) is 34.1 Å². The van der Waals surface area contributed by atoms with Crippen molar-refractivity contribution >= 4 is 23.5 Å². The van der Waals surface area contributed by atoms with Crippen LogP contribution in [-0.4, -0.2) is 53.6 Å². The van der Waals surface area contributed by atoms with Crippen molar-refractivity contribution in [1.29, 1.82) is 0 Å². The molecule has 0 saturated carbocycles. The van der Waals surface area contributed by atoms with Crippen molar-refractivity contribution in [3.05, 3.63) is 92.1 Å². The van der Waals surface area contributed by atoms with Gasteiger partial charge in [-0.25, -0.2) is 9.18 Å². The van der Waals surface area contributed by atoms with E-state index in [1.807, 2.05) is 5.10 Å². The predicted molar refractivity (Wildman–Crippen MR) is 133 cm³/mol. The van der Waals surface area contributed by atoms with Gasteiger partial charge in [0.15, 0.2) is 0 Å². The van der Waals surface area contributed by atoms with Crippen LogP contribution in [0.3, 0.4) is 0 Å². The van der Waals surface area contributed by atoms with Crippen molar-refractivity contribution in [1.82, 2.24) is 10.00 Å². The molecule has 228 valence electrons. The molecular weight excluding hydrogens is 593 g/mol. The van der Waals surface area contributed by atoms with Crippen LogP contribution in [0.5, 0.6) is 0 Å². The van der Waals surface area contributed by atoms with Gasteiger partial charge in [0.05, 0.1) is 23.2 Å². The number of hydrogen-bond donors (Lipinski definition) is 1. The summed E-state index contributed by atoms with van der Waals surface area (Å²) < 4.78 is 93.6. The number of benzene rings is 2. The average molecular weight is 615 g/mol. The minimum atomic E-state index is -5.38. The molecule has 1 aliphatic rings. The summed E-state index contributed by atoms with van der Waals surface area (Å²) >= 11 is 0. The third kappa shape index (κ3) is 6.52. The van der Waals surface area contributed by atoms with E-state index in [-0.39, 0.29) is 52.4 Å². The molecule has 0 radical (unpaired) electrons. The Morgan fingerprint density at radius 1 is 0.977 bits per heavy atom. The van der Waals surface area contributed by atoms with Crippen molar-refractivity contribution in [3.63, 3.8) is 0 Å². The minimum absolute atomic E-state index is 0.0937. The summed E-state index contributed by atoms with van der Waals surface area (Å²) in [7, 11) is 0. The van der Waals surface area contributed by atoms with E-state index in [1.165, 1.54) is 32.0 Å². The molecule has 1 N–H and O–H groups in total. The van der Waals surface area contributed by atoms with Gasteiger partial charge in [-0.15, -0.1) is 0 Å². The number of aromatic amines is 1. The number of para-hydroxylation sites is 1. The second kappa shape index (κ2) is 11.5. The van der Waals surface area contributed by atoms with Crippen LogP contribution in [0.25, 0.3) is 0 Å². The number of amides is 2. The number of H-pyrrole nitrogens is 1. The highest BCUT2D eigenvalue weighted by atomic mass is 19.4. The van der Waals surface area contributed by atoms with Crippen molar-refractivity contribution in [2.75, 3.05) is 24.5 Å². The van der Waals surface area contributed by atoms with Crippen molar-refractivity contribution in [2.45, 2.75) is 32.6 Å². The normalized spacial score (nSPS) is 14.2. The van der Waals surface area contributed by atoms with Gasteiger partial charge < -0.3 is 9.80 Å². The van der Waals surface area contributed by atoms with Gasteiger partial charge in [-0.2, -0.15) is 31.2 Å². The molecule has 16 heteroatoms. The van der Waals surface area contributed by atoms with Crippen LogP contribution in [0.1, 0.15) is 38.3 Å². The van der Waals surface area contributed by atoms with E-state index in [0.29, 0.717) is 0 Å². The molecule has 0 aliphatic carbocycles. The first kappa shape index (κ1) is 31.2. The summed E-state index contributed by atoms with van der Waals surface area (Å²) in [5.41, 5.74) is -2.50. The van der Waals surface area contributed by atoms with Gasteiger partial charge in [-0.05, 0) is 43.7 Å². The molecule has 2 aromatic carbocycles. The van der Waals surface area contributed by atoms with Crippen molar-refractivity contribution in [3.8, 4) is 0 Å². The highest BCUT2D eigenvalue weighted by Crippen LogP contribution is 2.37. The van der Waals surface area contributed by atoms with E-state index >= 15 is 0 Å². The third-order valence-electron chi connectivity index (χ3n) is 6.83. The maximum atomic E-state index is 14.8. The summed E-state index contributed by atoms with van der Waals surface area (Å²) in [5.74, 6) is -5.41. The molecule has 0 unspecified atom stereocenters. The number of halogens is 7.